The largest absolute Gasteiger partial charge is 0.504 e. The van der Waals surface area contributed by atoms with E-state index in [2.05, 4.69) is 10.5 Å². The maximum absolute atomic E-state index is 11.8. The Hall–Kier alpha value is -2.53. The van der Waals surface area contributed by atoms with E-state index in [-0.39, 0.29) is 5.75 Å². The van der Waals surface area contributed by atoms with Gasteiger partial charge >= 0.3 is 0 Å². The summed E-state index contributed by atoms with van der Waals surface area (Å²) in [6.07, 6.45) is 1.41. The molecule has 108 valence electrons. The lowest BCUT2D eigenvalue weighted by molar-refractivity contribution is 0.0955. The second-order valence-electron chi connectivity index (χ2n) is 4.11. The highest BCUT2D eigenvalue weighted by atomic mass is 35.5. The first-order valence-corrected chi connectivity index (χ1v) is 6.44. The van der Waals surface area contributed by atoms with E-state index >= 15 is 0 Å². The molecule has 21 heavy (non-hydrogen) atoms. The number of hydrogen-bond donors (Lipinski definition) is 2. The first kappa shape index (κ1) is 14.9. The van der Waals surface area contributed by atoms with Gasteiger partial charge in [-0.05, 0) is 35.9 Å². The molecule has 0 aliphatic rings. The Balaban J connectivity index is 2.04. The second-order valence-corrected chi connectivity index (χ2v) is 4.52. The van der Waals surface area contributed by atoms with Crippen molar-refractivity contribution < 1.29 is 14.6 Å². The van der Waals surface area contributed by atoms with Gasteiger partial charge in [0.15, 0.2) is 11.5 Å². The molecule has 0 unspecified atom stereocenters. The van der Waals surface area contributed by atoms with Crippen molar-refractivity contribution in [1.82, 2.24) is 5.43 Å². The number of phenolic OH excluding ortho intramolecular Hbond substituents is 1. The van der Waals surface area contributed by atoms with Crippen molar-refractivity contribution in [3.05, 3.63) is 58.6 Å². The van der Waals surface area contributed by atoms with E-state index in [9.17, 15) is 9.90 Å². The van der Waals surface area contributed by atoms with Crippen LogP contribution in [-0.4, -0.2) is 24.3 Å². The normalized spacial score (nSPS) is 10.6. The number of carbonyl (C=O) groups is 1. The Labute approximate surface area is 126 Å². The predicted molar refractivity (Wildman–Crippen MR) is 81.2 cm³/mol. The van der Waals surface area contributed by atoms with E-state index in [0.29, 0.717) is 21.9 Å². The summed E-state index contributed by atoms with van der Waals surface area (Å²) in [5, 5.41) is 13.8. The van der Waals surface area contributed by atoms with Crippen LogP contribution >= 0.6 is 11.6 Å². The molecular formula is C15H13ClN2O3. The fourth-order valence-electron chi connectivity index (χ4n) is 1.66. The van der Waals surface area contributed by atoms with Crippen molar-refractivity contribution in [2.45, 2.75) is 0 Å². The Morgan fingerprint density at radius 1 is 1.33 bits per heavy atom. The molecule has 6 heteroatoms. The maximum Gasteiger partial charge on any atom is 0.272 e. The zero-order valence-corrected chi connectivity index (χ0v) is 12.0. The minimum absolute atomic E-state index is 0.00104. The predicted octanol–water partition coefficient (Wildman–Crippen LogP) is 2.82. The van der Waals surface area contributed by atoms with Crippen LogP contribution in [0.3, 0.4) is 0 Å². The summed E-state index contributed by atoms with van der Waals surface area (Å²) in [5.74, 6) is -0.0410. The number of amides is 1. The number of carbonyl (C=O) groups excluding carboxylic acids is 1. The molecule has 2 aromatic carbocycles. The third kappa shape index (κ3) is 3.73. The van der Waals surface area contributed by atoms with Gasteiger partial charge in [0.05, 0.1) is 23.9 Å². The summed E-state index contributed by atoms with van der Waals surface area (Å²) in [4.78, 5) is 11.8. The minimum Gasteiger partial charge on any atom is -0.504 e. The minimum atomic E-state index is -0.408. The molecule has 0 heterocycles. The summed E-state index contributed by atoms with van der Waals surface area (Å²) >= 11 is 5.91. The molecule has 0 bridgehead atoms. The third-order valence-electron chi connectivity index (χ3n) is 2.70. The Morgan fingerprint density at radius 2 is 2.10 bits per heavy atom. The number of benzene rings is 2. The lowest BCUT2D eigenvalue weighted by Crippen LogP contribution is -2.17. The van der Waals surface area contributed by atoms with E-state index in [1.165, 1.54) is 19.4 Å². The summed E-state index contributed by atoms with van der Waals surface area (Å²) in [6.45, 7) is 0. The summed E-state index contributed by atoms with van der Waals surface area (Å²) in [6, 6.07) is 11.5. The van der Waals surface area contributed by atoms with Gasteiger partial charge in [-0.25, -0.2) is 5.43 Å². The Bertz CT molecular complexity index is 686. The molecule has 0 fully saturated rings. The topological polar surface area (TPSA) is 70.9 Å². The molecule has 2 aromatic rings. The number of aromatic hydroxyl groups is 1. The van der Waals surface area contributed by atoms with Crippen LogP contribution in [0.2, 0.25) is 5.02 Å². The highest BCUT2D eigenvalue weighted by molar-refractivity contribution is 6.33. The quantitative estimate of drug-likeness (QED) is 0.674. The van der Waals surface area contributed by atoms with Crippen molar-refractivity contribution in [1.29, 1.82) is 0 Å². The van der Waals surface area contributed by atoms with E-state index in [1.54, 1.807) is 36.4 Å². The number of rotatable bonds is 4. The summed E-state index contributed by atoms with van der Waals surface area (Å²) in [5.41, 5.74) is 3.33. The lowest BCUT2D eigenvalue weighted by atomic mass is 10.2. The number of ether oxygens (including phenoxy) is 1. The Kier molecular flexibility index (Phi) is 4.79. The molecule has 0 spiro atoms. The van der Waals surface area contributed by atoms with Crippen LogP contribution < -0.4 is 10.2 Å². The molecule has 0 aliphatic heterocycles. The van der Waals surface area contributed by atoms with Crippen molar-refractivity contribution >= 4 is 23.7 Å². The SMILES string of the molecule is COc1ccc(/C=N/NC(=O)c2ccccc2Cl)cc1O. The van der Waals surface area contributed by atoms with Crippen LogP contribution in [0.25, 0.3) is 0 Å². The second kappa shape index (κ2) is 6.76. The molecule has 0 radical (unpaired) electrons. The van der Waals surface area contributed by atoms with Gasteiger partial charge in [-0.1, -0.05) is 23.7 Å². The smallest absolute Gasteiger partial charge is 0.272 e. The highest BCUT2D eigenvalue weighted by Gasteiger charge is 2.07. The maximum atomic E-state index is 11.8. The van der Waals surface area contributed by atoms with E-state index < -0.39 is 5.91 Å². The van der Waals surface area contributed by atoms with Gasteiger partial charge in [-0.3, -0.25) is 4.79 Å². The zero-order chi connectivity index (χ0) is 15.2. The molecule has 0 saturated carbocycles. The van der Waals surface area contributed by atoms with Gasteiger partial charge < -0.3 is 9.84 Å². The van der Waals surface area contributed by atoms with Crippen LogP contribution in [0.4, 0.5) is 0 Å². The van der Waals surface area contributed by atoms with Gasteiger partial charge in [0.2, 0.25) is 0 Å². The molecule has 2 N–H and O–H groups in total. The molecular weight excluding hydrogens is 292 g/mol. The summed E-state index contributed by atoms with van der Waals surface area (Å²) in [7, 11) is 1.46. The van der Waals surface area contributed by atoms with Gasteiger partial charge in [0, 0.05) is 0 Å². The fraction of sp³-hybridized carbons (Fsp3) is 0.0667. The average Bonchev–Trinajstić information content (AvgIpc) is 2.48. The van der Waals surface area contributed by atoms with Gasteiger partial charge in [0.25, 0.3) is 5.91 Å². The van der Waals surface area contributed by atoms with Crippen LogP contribution in [0.1, 0.15) is 15.9 Å². The number of methoxy groups -OCH3 is 1. The van der Waals surface area contributed by atoms with Gasteiger partial charge in [0.1, 0.15) is 0 Å². The van der Waals surface area contributed by atoms with Crippen LogP contribution in [0.5, 0.6) is 11.5 Å². The number of hydrazone groups is 1. The standard InChI is InChI=1S/C15H13ClN2O3/c1-21-14-7-6-10(8-13(14)19)9-17-18-15(20)11-4-2-3-5-12(11)16/h2-9,19H,1H3,(H,18,20)/b17-9+. The lowest BCUT2D eigenvalue weighted by Gasteiger charge is -2.03. The average molecular weight is 305 g/mol. The van der Waals surface area contributed by atoms with Gasteiger partial charge in [-0.15, -0.1) is 0 Å². The molecule has 0 aromatic heterocycles. The third-order valence-corrected chi connectivity index (χ3v) is 3.03. The van der Waals surface area contributed by atoms with Gasteiger partial charge in [-0.2, -0.15) is 5.10 Å². The number of phenols is 1. The highest BCUT2D eigenvalue weighted by Crippen LogP contribution is 2.25. The van der Waals surface area contributed by atoms with Crippen LogP contribution in [0, 0.1) is 0 Å². The van der Waals surface area contributed by atoms with Crippen molar-refractivity contribution in [3.63, 3.8) is 0 Å². The molecule has 0 saturated heterocycles. The van der Waals surface area contributed by atoms with E-state index in [1.807, 2.05) is 0 Å². The van der Waals surface area contributed by atoms with E-state index in [0.717, 1.165) is 0 Å². The van der Waals surface area contributed by atoms with Crippen molar-refractivity contribution in [3.8, 4) is 11.5 Å². The number of hydrogen-bond acceptors (Lipinski definition) is 4. The summed E-state index contributed by atoms with van der Waals surface area (Å²) < 4.78 is 4.93. The van der Waals surface area contributed by atoms with Crippen molar-refractivity contribution in [2.75, 3.05) is 7.11 Å². The Morgan fingerprint density at radius 3 is 2.76 bits per heavy atom. The first-order chi connectivity index (χ1) is 10.1. The molecule has 2 rings (SSSR count). The van der Waals surface area contributed by atoms with Crippen LogP contribution in [-0.2, 0) is 0 Å². The number of nitrogens with one attached hydrogen (secondary N) is 1. The monoisotopic (exact) mass is 304 g/mol. The molecule has 1 amide bonds. The fourth-order valence-corrected chi connectivity index (χ4v) is 1.88. The van der Waals surface area contributed by atoms with Crippen LogP contribution in [0.15, 0.2) is 47.6 Å². The van der Waals surface area contributed by atoms with Crippen molar-refractivity contribution in [2.24, 2.45) is 5.10 Å². The number of nitrogens with zero attached hydrogens (tertiary/aromatic N) is 1. The molecule has 0 aliphatic carbocycles. The molecule has 5 nitrogen and oxygen atoms in total. The first-order valence-electron chi connectivity index (χ1n) is 6.06. The zero-order valence-electron chi connectivity index (χ0n) is 11.2. The van der Waals surface area contributed by atoms with E-state index in [4.69, 9.17) is 16.3 Å². The number of halogens is 1. The molecule has 0 atom stereocenters.